The van der Waals surface area contributed by atoms with Gasteiger partial charge in [0, 0.05) is 30.5 Å². The molecular weight excluding hydrogens is 342 g/mol. The lowest BCUT2D eigenvalue weighted by molar-refractivity contribution is -0.132. The second-order valence-electron chi connectivity index (χ2n) is 6.84. The van der Waals surface area contributed by atoms with Crippen LogP contribution in [0.3, 0.4) is 0 Å². The second kappa shape index (κ2) is 8.12. The number of hydrogen-bond donors (Lipinski definition) is 1. The summed E-state index contributed by atoms with van der Waals surface area (Å²) < 4.78 is 5.15. The molecule has 0 aliphatic carbocycles. The van der Waals surface area contributed by atoms with Gasteiger partial charge in [0.2, 0.25) is 11.8 Å². The van der Waals surface area contributed by atoms with E-state index in [0.29, 0.717) is 11.4 Å². The molecule has 0 saturated carbocycles. The highest BCUT2D eigenvalue weighted by molar-refractivity contribution is 5.95. The highest BCUT2D eigenvalue weighted by atomic mass is 16.5. The van der Waals surface area contributed by atoms with Gasteiger partial charge in [-0.3, -0.25) is 9.59 Å². The maximum Gasteiger partial charge on any atom is 0.243 e. The molecule has 1 aliphatic heterocycles. The van der Waals surface area contributed by atoms with Crippen molar-refractivity contribution in [1.29, 1.82) is 0 Å². The first-order valence-corrected chi connectivity index (χ1v) is 9.00. The van der Waals surface area contributed by atoms with Crippen molar-refractivity contribution in [2.75, 3.05) is 37.5 Å². The summed E-state index contributed by atoms with van der Waals surface area (Å²) in [5.74, 6) is 0.340. The largest absolute Gasteiger partial charge is 0.497 e. The molecule has 0 fully saturated rings. The molecule has 1 N–H and O–H groups in total. The first-order chi connectivity index (χ1) is 13.0. The van der Waals surface area contributed by atoms with E-state index in [1.807, 2.05) is 18.2 Å². The van der Waals surface area contributed by atoms with Crippen LogP contribution in [0, 0.1) is 0 Å². The molecule has 0 aromatic heterocycles. The van der Waals surface area contributed by atoms with Crippen molar-refractivity contribution in [3.8, 4) is 5.75 Å². The molecule has 0 unspecified atom stereocenters. The van der Waals surface area contributed by atoms with Gasteiger partial charge in [-0.2, -0.15) is 0 Å². The number of carbonyl (C=O) groups is 2. The second-order valence-corrected chi connectivity index (χ2v) is 6.84. The van der Waals surface area contributed by atoms with Gasteiger partial charge < -0.3 is 19.9 Å². The van der Waals surface area contributed by atoms with Crippen molar-refractivity contribution >= 4 is 23.2 Å². The standard InChI is InChI=1S/C21H25N3O3/c1-15-11-16-7-4-5-10-19(16)24(15)14-21(26)23(2)13-20(25)22-17-8-6-9-18(12-17)27-3/h4-10,12,15H,11,13-14H2,1-3H3,(H,22,25)/t15-/m1/s1. The van der Waals surface area contributed by atoms with Crippen LogP contribution in [0.15, 0.2) is 48.5 Å². The van der Waals surface area contributed by atoms with Crippen LogP contribution in [0.25, 0.3) is 0 Å². The molecule has 2 aromatic carbocycles. The monoisotopic (exact) mass is 367 g/mol. The summed E-state index contributed by atoms with van der Waals surface area (Å²) in [6.07, 6.45) is 0.934. The molecule has 0 bridgehead atoms. The maximum absolute atomic E-state index is 12.6. The van der Waals surface area contributed by atoms with E-state index in [0.717, 1.165) is 12.1 Å². The highest BCUT2D eigenvalue weighted by Crippen LogP contribution is 2.31. The zero-order valence-corrected chi connectivity index (χ0v) is 15.9. The molecule has 1 heterocycles. The average Bonchev–Trinajstić information content (AvgIpc) is 2.97. The number of nitrogens with one attached hydrogen (secondary N) is 1. The molecule has 0 radical (unpaired) electrons. The van der Waals surface area contributed by atoms with Gasteiger partial charge in [-0.05, 0) is 37.1 Å². The number of methoxy groups -OCH3 is 1. The van der Waals surface area contributed by atoms with Gasteiger partial charge in [0.1, 0.15) is 5.75 Å². The Labute approximate surface area is 159 Å². The van der Waals surface area contributed by atoms with E-state index in [-0.39, 0.29) is 30.9 Å². The topological polar surface area (TPSA) is 61.9 Å². The van der Waals surface area contributed by atoms with Crippen molar-refractivity contribution in [3.63, 3.8) is 0 Å². The van der Waals surface area contributed by atoms with Crippen molar-refractivity contribution in [1.82, 2.24) is 4.90 Å². The first-order valence-electron chi connectivity index (χ1n) is 9.00. The van der Waals surface area contributed by atoms with Crippen LogP contribution in [-0.2, 0) is 16.0 Å². The third-order valence-electron chi connectivity index (χ3n) is 4.81. The Bertz CT molecular complexity index is 837. The smallest absolute Gasteiger partial charge is 0.243 e. The fraction of sp³-hybridized carbons (Fsp3) is 0.333. The zero-order chi connectivity index (χ0) is 19.4. The highest BCUT2D eigenvalue weighted by Gasteiger charge is 2.28. The number of likely N-dealkylation sites (N-methyl/N-ethyl adjacent to an activating group) is 1. The summed E-state index contributed by atoms with van der Waals surface area (Å²) >= 11 is 0. The summed E-state index contributed by atoms with van der Waals surface area (Å²) in [6.45, 7) is 2.38. The third kappa shape index (κ3) is 4.39. The molecule has 1 aliphatic rings. The van der Waals surface area contributed by atoms with Crippen LogP contribution in [-0.4, -0.2) is 50.0 Å². The molecule has 3 rings (SSSR count). The Balaban J connectivity index is 1.57. The van der Waals surface area contributed by atoms with Gasteiger partial charge >= 0.3 is 0 Å². The number of nitrogens with zero attached hydrogens (tertiary/aromatic N) is 2. The predicted octanol–water partition coefficient (Wildman–Crippen LogP) is 2.54. The fourth-order valence-electron chi connectivity index (χ4n) is 3.34. The molecule has 0 saturated heterocycles. The van der Waals surface area contributed by atoms with E-state index in [4.69, 9.17) is 4.74 Å². The van der Waals surface area contributed by atoms with Gasteiger partial charge in [0.15, 0.2) is 0 Å². The number of fused-ring (bicyclic) bond motifs is 1. The number of hydrogen-bond acceptors (Lipinski definition) is 4. The van der Waals surface area contributed by atoms with Crippen LogP contribution >= 0.6 is 0 Å². The minimum absolute atomic E-state index is 0.0000884. The molecule has 142 valence electrons. The summed E-state index contributed by atoms with van der Waals surface area (Å²) in [7, 11) is 3.23. The van der Waals surface area contributed by atoms with E-state index in [1.165, 1.54) is 10.5 Å². The summed E-state index contributed by atoms with van der Waals surface area (Å²) in [5.41, 5.74) is 3.01. The molecule has 1 atom stereocenters. The first kappa shape index (κ1) is 18.8. The number of amides is 2. The Morgan fingerprint density at radius 3 is 2.78 bits per heavy atom. The Hall–Kier alpha value is -3.02. The van der Waals surface area contributed by atoms with Crippen molar-refractivity contribution in [3.05, 3.63) is 54.1 Å². The summed E-state index contributed by atoms with van der Waals surface area (Å²) in [5, 5.41) is 2.79. The van der Waals surface area contributed by atoms with Crippen LogP contribution in [0.2, 0.25) is 0 Å². The van der Waals surface area contributed by atoms with Crippen LogP contribution in [0.4, 0.5) is 11.4 Å². The Kier molecular flexibility index (Phi) is 5.64. The number of anilines is 2. The fourth-order valence-corrected chi connectivity index (χ4v) is 3.34. The van der Waals surface area contributed by atoms with E-state index in [1.54, 1.807) is 38.4 Å². The van der Waals surface area contributed by atoms with Crippen LogP contribution in [0.5, 0.6) is 5.75 Å². The van der Waals surface area contributed by atoms with Crippen LogP contribution in [0.1, 0.15) is 12.5 Å². The summed E-state index contributed by atoms with van der Waals surface area (Å²) in [6, 6.07) is 15.5. The molecule has 6 nitrogen and oxygen atoms in total. The Morgan fingerprint density at radius 1 is 1.22 bits per heavy atom. The number of ether oxygens (including phenoxy) is 1. The minimum atomic E-state index is -0.242. The molecule has 2 aromatic rings. The number of carbonyl (C=O) groups excluding carboxylic acids is 2. The normalized spacial score (nSPS) is 15.2. The zero-order valence-electron chi connectivity index (χ0n) is 15.9. The SMILES string of the molecule is COc1cccc(NC(=O)CN(C)C(=O)CN2c3ccccc3C[C@H]2C)c1. The van der Waals surface area contributed by atoms with E-state index >= 15 is 0 Å². The van der Waals surface area contributed by atoms with E-state index in [2.05, 4.69) is 23.2 Å². The lowest BCUT2D eigenvalue weighted by Gasteiger charge is -2.27. The number of benzene rings is 2. The quantitative estimate of drug-likeness (QED) is 0.852. The van der Waals surface area contributed by atoms with Crippen LogP contribution < -0.4 is 15.0 Å². The minimum Gasteiger partial charge on any atom is -0.497 e. The lowest BCUT2D eigenvalue weighted by Crippen LogP contribution is -2.43. The molecule has 27 heavy (non-hydrogen) atoms. The third-order valence-corrected chi connectivity index (χ3v) is 4.81. The van der Waals surface area contributed by atoms with Crippen molar-refractivity contribution in [2.45, 2.75) is 19.4 Å². The van der Waals surface area contributed by atoms with Crippen molar-refractivity contribution in [2.24, 2.45) is 0 Å². The predicted molar refractivity (Wildman–Crippen MR) is 106 cm³/mol. The molecule has 2 amide bonds. The van der Waals surface area contributed by atoms with Gasteiger partial charge in [0.05, 0.1) is 20.2 Å². The molecular formula is C21H25N3O3. The maximum atomic E-state index is 12.6. The van der Waals surface area contributed by atoms with Gasteiger partial charge in [-0.1, -0.05) is 24.3 Å². The van der Waals surface area contributed by atoms with Gasteiger partial charge in [-0.15, -0.1) is 0 Å². The lowest BCUT2D eigenvalue weighted by atomic mass is 10.1. The average molecular weight is 367 g/mol. The van der Waals surface area contributed by atoms with Gasteiger partial charge in [-0.25, -0.2) is 0 Å². The van der Waals surface area contributed by atoms with Gasteiger partial charge in [0.25, 0.3) is 0 Å². The Morgan fingerprint density at radius 2 is 2.00 bits per heavy atom. The van der Waals surface area contributed by atoms with Crippen molar-refractivity contribution < 1.29 is 14.3 Å². The number of para-hydroxylation sites is 1. The van der Waals surface area contributed by atoms with E-state index < -0.39 is 0 Å². The molecule has 0 spiro atoms. The molecule has 6 heteroatoms. The van der Waals surface area contributed by atoms with E-state index in [9.17, 15) is 9.59 Å². The summed E-state index contributed by atoms with van der Waals surface area (Å²) in [4.78, 5) is 28.5. The number of rotatable bonds is 6.